The van der Waals surface area contributed by atoms with Crippen LogP contribution in [0.4, 0.5) is 0 Å². The first-order valence-corrected chi connectivity index (χ1v) is 10.0. The Bertz CT molecular complexity index is 570. The molecular formula is C18H27N3O3S. The van der Waals surface area contributed by atoms with E-state index in [4.69, 9.17) is 10.5 Å². The molecule has 0 aliphatic carbocycles. The number of nitrogens with zero attached hydrogens (tertiary/aromatic N) is 2. The van der Waals surface area contributed by atoms with Gasteiger partial charge >= 0.3 is 0 Å². The van der Waals surface area contributed by atoms with E-state index in [0.29, 0.717) is 37.7 Å². The predicted octanol–water partition coefficient (Wildman–Crippen LogP) is 1.71. The molecule has 1 aromatic rings. The molecule has 6 nitrogen and oxygen atoms in total. The lowest BCUT2D eigenvalue weighted by atomic mass is 10.1. The molecule has 2 aliphatic rings. The molecule has 3 rings (SSSR count). The van der Waals surface area contributed by atoms with Gasteiger partial charge in [0.1, 0.15) is 6.04 Å². The Morgan fingerprint density at radius 2 is 2.04 bits per heavy atom. The van der Waals surface area contributed by atoms with Crippen molar-refractivity contribution in [3.05, 3.63) is 22.4 Å². The maximum Gasteiger partial charge on any atom is 0.264 e. The van der Waals surface area contributed by atoms with Gasteiger partial charge < -0.3 is 20.3 Å². The Morgan fingerprint density at radius 1 is 1.24 bits per heavy atom. The van der Waals surface area contributed by atoms with E-state index in [2.05, 4.69) is 0 Å². The molecule has 0 aromatic carbocycles. The third kappa shape index (κ3) is 4.40. The summed E-state index contributed by atoms with van der Waals surface area (Å²) in [6.07, 6.45) is 4.49. The third-order valence-electron chi connectivity index (χ3n) is 4.99. The number of nitrogens with two attached hydrogens (primary N) is 1. The molecule has 1 unspecified atom stereocenters. The summed E-state index contributed by atoms with van der Waals surface area (Å²) >= 11 is 1.44. The van der Waals surface area contributed by atoms with Gasteiger partial charge in [0.2, 0.25) is 5.91 Å². The van der Waals surface area contributed by atoms with Gasteiger partial charge in [-0.15, -0.1) is 11.3 Å². The number of hydrogen-bond donors (Lipinski definition) is 1. The molecule has 0 bridgehead atoms. The SMILES string of the molecule is NCCCOC1CCN(C(=O)C2CCCN2C(=O)c2cccs2)CC1. The van der Waals surface area contributed by atoms with Crippen LogP contribution in [0.25, 0.3) is 0 Å². The van der Waals surface area contributed by atoms with Crippen molar-refractivity contribution < 1.29 is 14.3 Å². The zero-order valence-corrected chi connectivity index (χ0v) is 15.4. The lowest BCUT2D eigenvalue weighted by Gasteiger charge is -2.35. The van der Waals surface area contributed by atoms with Crippen molar-refractivity contribution in [1.29, 1.82) is 0 Å². The van der Waals surface area contributed by atoms with Gasteiger partial charge in [0.15, 0.2) is 0 Å². The Morgan fingerprint density at radius 3 is 2.72 bits per heavy atom. The van der Waals surface area contributed by atoms with Crippen LogP contribution in [0.15, 0.2) is 17.5 Å². The number of amides is 2. The Labute approximate surface area is 152 Å². The summed E-state index contributed by atoms with van der Waals surface area (Å²) in [6, 6.07) is 3.40. The first kappa shape index (κ1) is 18.4. The fourth-order valence-corrected chi connectivity index (χ4v) is 4.27. The Kier molecular flexibility index (Phi) is 6.45. The van der Waals surface area contributed by atoms with Gasteiger partial charge in [-0.05, 0) is 50.1 Å². The van der Waals surface area contributed by atoms with Crippen LogP contribution < -0.4 is 5.73 Å². The molecule has 0 radical (unpaired) electrons. The van der Waals surface area contributed by atoms with Crippen molar-refractivity contribution in [3.8, 4) is 0 Å². The molecule has 1 atom stereocenters. The van der Waals surface area contributed by atoms with Crippen molar-refractivity contribution >= 4 is 23.2 Å². The van der Waals surface area contributed by atoms with Gasteiger partial charge in [-0.2, -0.15) is 0 Å². The number of piperidine rings is 1. The maximum absolute atomic E-state index is 12.9. The zero-order chi connectivity index (χ0) is 17.6. The predicted molar refractivity (Wildman–Crippen MR) is 97.6 cm³/mol. The van der Waals surface area contributed by atoms with Gasteiger partial charge in [-0.1, -0.05) is 6.07 Å². The second-order valence-electron chi connectivity index (χ2n) is 6.67. The summed E-state index contributed by atoms with van der Waals surface area (Å²) < 4.78 is 5.80. The van der Waals surface area contributed by atoms with Gasteiger partial charge in [0, 0.05) is 26.2 Å². The number of thiophene rings is 1. The van der Waals surface area contributed by atoms with Crippen molar-refractivity contribution in [2.45, 2.75) is 44.2 Å². The molecule has 2 saturated heterocycles. The van der Waals surface area contributed by atoms with Gasteiger partial charge in [0.05, 0.1) is 11.0 Å². The summed E-state index contributed by atoms with van der Waals surface area (Å²) in [5, 5.41) is 1.90. The molecule has 2 amide bonds. The minimum atomic E-state index is -0.302. The molecule has 1 aromatic heterocycles. The van der Waals surface area contributed by atoms with E-state index in [1.165, 1.54) is 11.3 Å². The smallest absolute Gasteiger partial charge is 0.264 e. The monoisotopic (exact) mass is 365 g/mol. The van der Waals surface area contributed by atoms with Crippen LogP contribution in [0, 0.1) is 0 Å². The van der Waals surface area contributed by atoms with E-state index in [9.17, 15) is 9.59 Å². The van der Waals surface area contributed by atoms with E-state index >= 15 is 0 Å². The van der Waals surface area contributed by atoms with Crippen molar-refractivity contribution in [3.63, 3.8) is 0 Å². The normalized spacial score (nSPS) is 21.7. The summed E-state index contributed by atoms with van der Waals surface area (Å²) in [6.45, 7) is 3.44. The highest BCUT2D eigenvalue weighted by molar-refractivity contribution is 7.12. The van der Waals surface area contributed by atoms with E-state index in [1.807, 2.05) is 22.4 Å². The number of carbonyl (C=O) groups is 2. The topological polar surface area (TPSA) is 75.9 Å². The molecule has 2 aliphatic heterocycles. The zero-order valence-electron chi connectivity index (χ0n) is 14.6. The van der Waals surface area contributed by atoms with E-state index in [0.717, 1.165) is 32.1 Å². The molecule has 7 heteroatoms. The largest absolute Gasteiger partial charge is 0.378 e. The summed E-state index contributed by atoms with van der Waals surface area (Å²) in [5.74, 6) is 0.0914. The third-order valence-corrected chi connectivity index (χ3v) is 5.84. The molecule has 2 N–H and O–H groups in total. The average Bonchev–Trinajstić information content (AvgIpc) is 3.33. The second-order valence-corrected chi connectivity index (χ2v) is 7.62. The number of hydrogen-bond acceptors (Lipinski definition) is 5. The van der Waals surface area contributed by atoms with Crippen LogP contribution in [0.3, 0.4) is 0 Å². The molecule has 0 saturated carbocycles. The molecule has 25 heavy (non-hydrogen) atoms. The van der Waals surface area contributed by atoms with Gasteiger partial charge in [-0.25, -0.2) is 0 Å². The number of carbonyl (C=O) groups excluding carboxylic acids is 2. The standard InChI is InChI=1S/C18H27N3O3S/c19-8-3-12-24-14-6-10-20(11-7-14)17(22)15-4-1-9-21(15)18(23)16-5-2-13-25-16/h2,5,13-15H,1,3-4,6-12,19H2. The summed E-state index contributed by atoms with van der Waals surface area (Å²) in [4.78, 5) is 30.0. The minimum Gasteiger partial charge on any atom is -0.378 e. The molecule has 3 heterocycles. The highest BCUT2D eigenvalue weighted by Crippen LogP contribution is 2.25. The van der Waals surface area contributed by atoms with Crippen LogP contribution in [-0.2, 0) is 9.53 Å². The average molecular weight is 365 g/mol. The second kappa shape index (κ2) is 8.78. The first-order valence-electron chi connectivity index (χ1n) is 9.15. The van der Waals surface area contributed by atoms with E-state index in [-0.39, 0.29) is 24.0 Å². The Hall–Kier alpha value is -1.44. The van der Waals surface area contributed by atoms with Gasteiger partial charge in [-0.3, -0.25) is 9.59 Å². The summed E-state index contributed by atoms with van der Waals surface area (Å²) in [5.41, 5.74) is 5.48. The lowest BCUT2D eigenvalue weighted by Crippen LogP contribution is -2.50. The van der Waals surface area contributed by atoms with Crippen LogP contribution in [0.1, 0.15) is 41.8 Å². The summed E-state index contributed by atoms with van der Waals surface area (Å²) in [7, 11) is 0. The molecule has 0 spiro atoms. The van der Waals surface area contributed by atoms with Crippen LogP contribution in [-0.4, -0.2) is 66.5 Å². The number of rotatable bonds is 6. The number of likely N-dealkylation sites (tertiary alicyclic amines) is 2. The fraction of sp³-hybridized carbons (Fsp3) is 0.667. The molecule has 138 valence electrons. The van der Waals surface area contributed by atoms with Gasteiger partial charge in [0.25, 0.3) is 5.91 Å². The lowest BCUT2D eigenvalue weighted by molar-refractivity contribution is -0.137. The first-order chi connectivity index (χ1) is 12.2. The maximum atomic E-state index is 12.9. The van der Waals surface area contributed by atoms with E-state index in [1.54, 1.807) is 4.90 Å². The number of ether oxygens (including phenoxy) is 1. The quantitative estimate of drug-likeness (QED) is 0.779. The van der Waals surface area contributed by atoms with Crippen LogP contribution >= 0.6 is 11.3 Å². The highest BCUT2D eigenvalue weighted by atomic mass is 32.1. The van der Waals surface area contributed by atoms with Crippen molar-refractivity contribution in [2.24, 2.45) is 5.73 Å². The van der Waals surface area contributed by atoms with Crippen molar-refractivity contribution in [2.75, 3.05) is 32.8 Å². The fourth-order valence-electron chi connectivity index (χ4n) is 3.60. The minimum absolute atomic E-state index is 0.00847. The molecular weight excluding hydrogens is 338 g/mol. The van der Waals surface area contributed by atoms with Crippen LogP contribution in [0.5, 0.6) is 0 Å². The highest BCUT2D eigenvalue weighted by Gasteiger charge is 2.38. The van der Waals surface area contributed by atoms with E-state index < -0.39 is 0 Å². The van der Waals surface area contributed by atoms with Crippen LogP contribution in [0.2, 0.25) is 0 Å². The Balaban J connectivity index is 1.53. The van der Waals surface area contributed by atoms with Crippen molar-refractivity contribution in [1.82, 2.24) is 9.80 Å². The molecule has 2 fully saturated rings.